The Morgan fingerprint density at radius 3 is 3.12 bits per heavy atom. The van der Waals surface area contributed by atoms with E-state index in [0.29, 0.717) is 0 Å². The van der Waals surface area contributed by atoms with Gasteiger partial charge in [0.25, 0.3) is 0 Å². The first-order valence-electron chi connectivity index (χ1n) is 8.68. The van der Waals surface area contributed by atoms with Crippen LogP contribution in [-0.2, 0) is 24.9 Å². The van der Waals surface area contributed by atoms with Crippen molar-refractivity contribution in [3.63, 3.8) is 0 Å². The maximum absolute atomic E-state index is 5.98. The van der Waals surface area contributed by atoms with E-state index < -0.39 is 0 Å². The summed E-state index contributed by atoms with van der Waals surface area (Å²) in [5.74, 6) is 0.953. The molecule has 3 aromatic rings. The molecule has 1 aliphatic rings. The van der Waals surface area contributed by atoms with Crippen molar-refractivity contribution < 1.29 is 9.15 Å². The van der Waals surface area contributed by atoms with E-state index in [1.807, 2.05) is 40.7 Å². The number of nitrogens with zero attached hydrogens (tertiary/aromatic N) is 6. The fourth-order valence-corrected chi connectivity index (χ4v) is 3.76. The fraction of sp³-hybridized carbons (Fsp3) is 0.471. The van der Waals surface area contributed by atoms with Gasteiger partial charge >= 0.3 is 0 Å². The lowest BCUT2D eigenvalue weighted by Crippen LogP contribution is -2.34. The highest BCUT2D eigenvalue weighted by Crippen LogP contribution is 2.27. The second-order valence-corrected chi connectivity index (χ2v) is 7.33. The van der Waals surface area contributed by atoms with E-state index in [0.717, 1.165) is 55.2 Å². The summed E-state index contributed by atoms with van der Waals surface area (Å²) < 4.78 is 15.8. The van der Waals surface area contributed by atoms with Gasteiger partial charge < -0.3 is 13.7 Å². The van der Waals surface area contributed by atoms with Crippen LogP contribution in [0.25, 0.3) is 0 Å². The van der Waals surface area contributed by atoms with Crippen molar-refractivity contribution in [1.29, 1.82) is 0 Å². The third kappa shape index (κ3) is 4.35. The molecule has 0 N–H and O–H groups in total. The molecule has 0 amide bonds. The molecule has 1 atom stereocenters. The van der Waals surface area contributed by atoms with Gasteiger partial charge in [-0.15, -0.1) is 10.2 Å². The third-order valence-electron chi connectivity index (χ3n) is 4.26. The molecule has 0 radical (unpaired) electrons. The molecular formula is C17H22N6O2S. The first-order valence-corrected chi connectivity index (χ1v) is 9.50. The van der Waals surface area contributed by atoms with Crippen molar-refractivity contribution in [3.8, 4) is 0 Å². The topological polar surface area (TPSA) is 74.1 Å². The number of furan rings is 1. The van der Waals surface area contributed by atoms with Crippen LogP contribution in [0.4, 0.5) is 0 Å². The Morgan fingerprint density at radius 2 is 2.31 bits per heavy atom. The van der Waals surface area contributed by atoms with Gasteiger partial charge in [-0.05, 0) is 36.4 Å². The van der Waals surface area contributed by atoms with Crippen LogP contribution in [0.15, 0.2) is 51.6 Å². The lowest BCUT2D eigenvalue weighted by Gasteiger charge is -2.22. The molecule has 0 spiro atoms. The minimum atomic E-state index is 0.139. The smallest absolute Gasteiger partial charge is 0.198 e. The Morgan fingerprint density at radius 1 is 1.35 bits per heavy atom. The SMILES string of the molecule is Cn1cnnc1Sc1ccc(CN2CCCOC(Cn3cccn3)C2)o1. The van der Waals surface area contributed by atoms with E-state index in [1.165, 1.54) is 11.8 Å². The van der Waals surface area contributed by atoms with Crippen LogP contribution in [0.3, 0.4) is 0 Å². The monoisotopic (exact) mass is 374 g/mol. The van der Waals surface area contributed by atoms with Gasteiger partial charge in [-0.25, -0.2) is 0 Å². The van der Waals surface area contributed by atoms with Gasteiger partial charge in [0, 0.05) is 39.1 Å². The minimum Gasteiger partial charge on any atom is -0.453 e. The van der Waals surface area contributed by atoms with Crippen molar-refractivity contribution in [2.24, 2.45) is 7.05 Å². The molecule has 26 heavy (non-hydrogen) atoms. The number of aromatic nitrogens is 5. The summed E-state index contributed by atoms with van der Waals surface area (Å²) in [4.78, 5) is 2.39. The molecule has 1 unspecified atom stereocenters. The zero-order valence-corrected chi connectivity index (χ0v) is 15.5. The molecule has 3 aromatic heterocycles. The molecule has 4 rings (SSSR count). The summed E-state index contributed by atoms with van der Waals surface area (Å²) in [6.07, 6.45) is 6.62. The van der Waals surface area contributed by atoms with E-state index in [2.05, 4.69) is 20.2 Å². The molecule has 0 aliphatic carbocycles. The molecule has 1 aliphatic heterocycles. The van der Waals surface area contributed by atoms with Crippen LogP contribution < -0.4 is 0 Å². The highest BCUT2D eigenvalue weighted by atomic mass is 32.2. The number of rotatable bonds is 6. The van der Waals surface area contributed by atoms with Gasteiger partial charge in [0.15, 0.2) is 10.2 Å². The average Bonchev–Trinajstić information content (AvgIpc) is 3.33. The standard InChI is InChI=1S/C17H22N6O2S/c1-21-13-18-20-17(21)26-16-5-4-14(25-16)10-22-7-3-9-24-15(11-22)12-23-8-2-6-19-23/h2,4-6,8,13,15H,3,7,9-12H2,1H3. The number of hydrogen-bond acceptors (Lipinski definition) is 7. The fourth-order valence-electron chi connectivity index (χ4n) is 3.01. The molecule has 0 saturated carbocycles. The zero-order chi connectivity index (χ0) is 17.8. The van der Waals surface area contributed by atoms with Gasteiger partial charge in [0.2, 0.25) is 0 Å². The zero-order valence-electron chi connectivity index (χ0n) is 14.7. The van der Waals surface area contributed by atoms with Crippen LogP contribution in [0.2, 0.25) is 0 Å². The first-order chi connectivity index (χ1) is 12.8. The highest BCUT2D eigenvalue weighted by Gasteiger charge is 2.20. The van der Waals surface area contributed by atoms with E-state index in [9.17, 15) is 0 Å². The lowest BCUT2D eigenvalue weighted by atomic mass is 10.3. The molecule has 1 saturated heterocycles. The summed E-state index contributed by atoms with van der Waals surface area (Å²) in [6.45, 7) is 4.20. The van der Waals surface area contributed by atoms with Crippen LogP contribution in [0.5, 0.6) is 0 Å². The molecule has 9 heteroatoms. The quantitative estimate of drug-likeness (QED) is 0.654. The molecular weight excluding hydrogens is 352 g/mol. The van der Waals surface area contributed by atoms with Gasteiger partial charge in [-0.2, -0.15) is 5.10 Å². The minimum absolute atomic E-state index is 0.139. The second kappa shape index (κ2) is 8.07. The molecule has 0 bridgehead atoms. The summed E-state index contributed by atoms with van der Waals surface area (Å²) in [7, 11) is 1.92. The predicted molar refractivity (Wildman–Crippen MR) is 95.7 cm³/mol. The van der Waals surface area contributed by atoms with Gasteiger partial charge in [-0.3, -0.25) is 9.58 Å². The van der Waals surface area contributed by atoms with E-state index in [1.54, 1.807) is 12.5 Å². The lowest BCUT2D eigenvalue weighted by molar-refractivity contribution is 0.0382. The number of ether oxygens (including phenoxy) is 1. The van der Waals surface area contributed by atoms with Crippen molar-refractivity contribution in [3.05, 3.63) is 42.7 Å². The third-order valence-corrected chi connectivity index (χ3v) is 5.23. The maximum Gasteiger partial charge on any atom is 0.198 e. The molecule has 1 fully saturated rings. The highest BCUT2D eigenvalue weighted by molar-refractivity contribution is 7.99. The molecule has 4 heterocycles. The number of aryl methyl sites for hydroxylation is 1. The summed E-state index contributed by atoms with van der Waals surface area (Å²) in [5, 5.41) is 13.9. The van der Waals surface area contributed by atoms with Crippen LogP contribution in [0.1, 0.15) is 12.2 Å². The maximum atomic E-state index is 5.98. The Kier molecular flexibility index (Phi) is 5.37. The average molecular weight is 374 g/mol. The number of hydrogen-bond donors (Lipinski definition) is 0. The van der Waals surface area contributed by atoms with Crippen molar-refractivity contribution >= 4 is 11.8 Å². The summed E-state index contributed by atoms with van der Waals surface area (Å²) >= 11 is 1.48. The van der Waals surface area contributed by atoms with E-state index >= 15 is 0 Å². The first kappa shape index (κ1) is 17.3. The Hall–Kier alpha value is -2.10. The largest absolute Gasteiger partial charge is 0.453 e. The second-order valence-electron chi connectivity index (χ2n) is 6.36. The van der Waals surface area contributed by atoms with Gasteiger partial charge in [0.1, 0.15) is 12.1 Å². The Bertz CT molecular complexity index is 815. The van der Waals surface area contributed by atoms with Crippen LogP contribution in [-0.4, -0.2) is 55.2 Å². The van der Waals surface area contributed by atoms with Crippen molar-refractivity contribution in [1.82, 2.24) is 29.4 Å². The van der Waals surface area contributed by atoms with Crippen LogP contribution >= 0.6 is 11.8 Å². The van der Waals surface area contributed by atoms with Crippen molar-refractivity contribution in [2.75, 3.05) is 19.7 Å². The van der Waals surface area contributed by atoms with E-state index in [4.69, 9.17) is 9.15 Å². The summed E-state index contributed by atoms with van der Waals surface area (Å²) in [5.41, 5.74) is 0. The Labute approximate surface area is 156 Å². The normalized spacial score (nSPS) is 18.9. The summed E-state index contributed by atoms with van der Waals surface area (Å²) in [6, 6.07) is 5.96. The Balaban J connectivity index is 1.36. The van der Waals surface area contributed by atoms with E-state index in [-0.39, 0.29) is 6.10 Å². The molecule has 138 valence electrons. The van der Waals surface area contributed by atoms with Crippen molar-refractivity contribution in [2.45, 2.75) is 35.9 Å². The predicted octanol–water partition coefficient (Wildman–Crippen LogP) is 2.05. The van der Waals surface area contributed by atoms with Crippen LogP contribution in [0, 0.1) is 0 Å². The van der Waals surface area contributed by atoms with Gasteiger partial charge in [0.05, 0.1) is 19.2 Å². The van der Waals surface area contributed by atoms with Gasteiger partial charge in [-0.1, -0.05) is 0 Å². The molecule has 0 aromatic carbocycles. The molecule has 8 nitrogen and oxygen atoms in total.